The standard InChI is InChI=1S/C21H29N3O4/c1-3-15-5-7-18(8-6-15)24-14-16(13-19(24)25)20(26)22-17-9-11-23(12-10-17)21(27)28-4-2/h5-8,16-17H,3-4,9-14H2,1-2H3,(H,22,26)/t16-/m1/s1. The fourth-order valence-corrected chi connectivity index (χ4v) is 3.78. The van der Waals surface area contributed by atoms with Crippen LogP contribution in [0.15, 0.2) is 24.3 Å². The fraction of sp³-hybridized carbons (Fsp3) is 0.571. The summed E-state index contributed by atoms with van der Waals surface area (Å²) in [6, 6.07) is 7.97. The molecule has 3 rings (SSSR count). The topological polar surface area (TPSA) is 79.0 Å². The largest absolute Gasteiger partial charge is 0.450 e. The van der Waals surface area contributed by atoms with Crippen LogP contribution in [-0.2, 0) is 20.7 Å². The summed E-state index contributed by atoms with van der Waals surface area (Å²) in [6.07, 6.45) is 2.30. The summed E-state index contributed by atoms with van der Waals surface area (Å²) in [7, 11) is 0. The molecule has 2 aliphatic rings. The van der Waals surface area contributed by atoms with Crippen molar-refractivity contribution < 1.29 is 19.1 Å². The van der Waals surface area contributed by atoms with Crippen LogP contribution < -0.4 is 10.2 Å². The van der Waals surface area contributed by atoms with Gasteiger partial charge in [-0.3, -0.25) is 9.59 Å². The van der Waals surface area contributed by atoms with Gasteiger partial charge in [0.2, 0.25) is 11.8 Å². The number of anilines is 1. The van der Waals surface area contributed by atoms with Crippen LogP contribution in [0.25, 0.3) is 0 Å². The molecule has 2 heterocycles. The number of hydrogen-bond donors (Lipinski definition) is 1. The monoisotopic (exact) mass is 387 g/mol. The lowest BCUT2D eigenvalue weighted by Gasteiger charge is -2.32. The third kappa shape index (κ3) is 4.64. The summed E-state index contributed by atoms with van der Waals surface area (Å²) in [6.45, 7) is 5.80. The number of hydrogen-bond acceptors (Lipinski definition) is 4. The van der Waals surface area contributed by atoms with Crippen LogP contribution in [0.5, 0.6) is 0 Å². The molecular formula is C21H29N3O4. The summed E-state index contributed by atoms with van der Waals surface area (Å²) in [5.41, 5.74) is 2.07. The van der Waals surface area contributed by atoms with E-state index < -0.39 is 0 Å². The molecule has 2 fully saturated rings. The van der Waals surface area contributed by atoms with Crippen molar-refractivity contribution in [1.29, 1.82) is 0 Å². The fourth-order valence-electron chi connectivity index (χ4n) is 3.78. The van der Waals surface area contributed by atoms with E-state index in [0.29, 0.717) is 39.1 Å². The third-order valence-electron chi connectivity index (χ3n) is 5.52. The van der Waals surface area contributed by atoms with E-state index >= 15 is 0 Å². The zero-order valence-electron chi connectivity index (χ0n) is 16.6. The SMILES string of the molecule is CCOC(=O)N1CCC(NC(=O)[C@@H]2CC(=O)N(c3ccc(CC)cc3)C2)CC1. The van der Waals surface area contributed by atoms with E-state index in [2.05, 4.69) is 12.2 Å². The van der Waals surface area contributed by atoms with Gasteiger partial charge < -0.3 is 19.9 Å². The quantitative estimate of drug-likeness (QED) is 0.841. The maximum atomic E-state index is 12.7. The highest BCUT2D eigenvalue weighted by molar-refractivity contribution is 6.00. The Bertz CT molecular complexity index is 711. The van der Waals surface area contributed by atoms with Gasteiger partial charge in [-0.05, 0) is 43.9 Å². The number of piperidine rings is 1. The number of benzene rings is 1. The van der Waals surface area contributed by atoms with Gasteiger partial charge >= 0.3 is 6.09 Å². The number of aryl methyl sites for hydroxylation is 1. The summed E-state index contributed by atoms with van der Waals surface area (Å²) < 4.78 is 5.02. The summed E-state index contributed by atoms with van der Waals surface area (Å²) in [4.78, 5) is 40.2. The van der Waals surface area contributed by atoms with Crippen molar-refractivity contribution >= 4 is 23.6 Å². The van der Waals surface area contributed by atoms with Gasteiger partial charge in [-0.15, -0.1) is 0 Å². The van der Waals surface area contributed by atoms with Crippen molar-refractivity contribution in [1.82, 2.24) is 10.2 Å². The van der Waals surface area contributed by atoms with Gasteiger partial charge in [-0.25, -0.2) is 4.79 Å². The Balaban J connectivity index is 1.50. The summed E-state index contributed by atoms with van der Waals surface area (Å²) in [5.74, 6) is -0.418. The molecule has 7 nitrogen and oxygen atoms in total. The molecule has 0 unspecified atom stereocenters. The first kappa shape index (κ1) is 20.2. The lowest BCUT2D eigenvalue weighted by atomic mass is 10.0. The first-order valence-corrected chi connectivity index (χ1v) is 10.1. The Morgan fingerprint density at radius 3 is 2.43 bits per heavy atom. The molecule has 0 radical (unpaired) electrons. The molecule has 3 amide bonds. The van der Waals surface area contributed by atoms with E-state index in [9.17, 15) is 14.4 Å². The molecule has 1 atom stereocenters. The number of carbonyl (C=O) groups is 3. The van der Waals surface area contributed by atoms with Gasteiger partial charge in [0.15, 0.2) is 0 Å². The maximum absolute atomic E-state index is 12.7. The second kappa shape index (κ2) is 9.08. The number of amides is 3. The minimum Gasteiger partial charge on any atom is -0.450 e. The first-order valence-electron chi connectivity index (χ1n) is 10.1. The summed E-state index contributed by atoms with van der Waals surface area (Å²) >= 11 is 0. The van der Waals surface area contributed by atoms with E-state index in [0.717, 1.165) is 12.1 Å². The number of nitrogens with zero attached hydrogens (tertiary/aromatic N) is 2. The highest BCUT2D eigenvalue weighted by Crippen LogP contribution is 2.26. The Hall–Kier alpha value is -2.57. The van der Waals surface area contributed by atoms with Crippen molar-refractivity contribution in [3.05, 3.63) is 29.8 Å². The smallest absolute Gasteiger partial charge is 0.409 e. The molecule has 2 aliphatic heterocycles. The van der Waals surface area contributed by atoms with Crippen molar-refractivity contribution in [2.24, 2.45) is 5.92 Å². The average Bonchev–Trinajstić information content (AvgIpc) is 3.10. The van der Waals surface area contributed by atoms with Crippen LogP contribution in [0, 0.1) is 5.92 Å². The minimum atomic E-state index is -0.332. The molecule has 0 aromatic heterocycles. The molecule has 1 aromatic rings. The molecular weight excluding hydrogens is 358 g/mol. The molecule has 0 spiro atoms. The van der Waals surface area contributed by atoms with Gasteiger partial charge in [0, 0.05) is 37.8 Å². The number of rotatable bonds is 5. The Morgan fingerprint density at radius 2 is 1.82 bits per heavy atom. The van der Waals surface area contributed by atoms with Crippen LogP contribution in [0.1, 0.15) is 38.7 Å². The second-order valence-corrected chi connectivity index (χ2v) is 7.39. The van der Waals surface area contributed by atoms with Crippen molar-refractivity contribution in [3.63, 3.8) is 0 Å². The van der Waals surface area contributed by atoms with Crippen LogP contribution in [0.4, 0.5) is 10.5 Å². The minimum absolute atomic E-state index is 0.0125. The van der Waals surface area contributed by atoms with Gasteiger partial charge in [-0.1, -0.05) is 19.1 Å². The highest BCUT2D eigenvalue weighted by atomic mass is 16.6. The molecule has 2 saturated heterocycles. The molecule has 152 valence electrons. The average molecular weight is 387 g/mol. The van der Waals surface area contributed by atoms with E-state index in [1.54, 1.807) is 16.7 Å². The van der Waals surface area contributed by atoms with Gasteiger partial charge in [0.25, 0.3) is 0 Å². The van der Waals surface area contributed by atoms with Gasteiger partial charge in [0.1, 0.15) is 0 Å². The molecule has 1 N–H and O–H groups in total. The zero-order chi connectivity index (χ0) is 20.1. The lowest BCUT2D eigenvalue weighted by Crippen LogP contribution is -2.48. The highest BCUT2D eigenvalue weighted by Gasteiger charge is 2.36. The number of ether oxygens (including phenoxy) is 1. The normalized spacial score (nSPS) is 20.4. The van der Waals surface area contributed by atoms with E-state index in [1.807, 2.05) is 24.3 Å². The van der Waals surface area contributed by atoms with Crippen LogP contribution in [0.3, 0.4) is 0 Å². The molecule has 28 heavy (non-hydrogen) atoms. The number of carbonyl (C=O) groups excluding carboxylic acids is 3. The summed E-state index contributed by atoms with van der Waals surface area (Å²) in [5, 5.41) is 3.07. The van der Waals surface area contributed by atoms with Gasteiger partial charge in [0.05, 0.1) is 12.5 Å². The Labute approximate surface area is 166 Å². The Kier molecular flexibility index (Phi) is 6.54. The van der Waals surface area contributed by atoms with Crippen molar-refractivity contribution in [3.8, 4) is 0 Å². The predicted octanol–water partition coefficient (Wildman–Crippen LogP) is 2.34. The van der Waals surface area contributed by atoms with Gasteiger partial charge in [-0.2, -0.15) is 0 Å². The van der Waals surface area contributed by atoms with Crippen molar-refractivity contribution in [2.45, 2.75) is 45.6 Å². The molecule has 0 aliphatic carbocycles. The molecule has 0 saturated carbocycles. The van der Waals surface area contributed by atoms with Crippen LogP contribution in [-0.4, -0.2) is 55.1 Å². The maximum Gasteiger partial charge on any atom is 0.409 e. The molecule has 7 heteroatoms. The lowest BCUT2D eigenvalue weighted by molar-refractivity contribution is -0.127. The van der Waals surface area contributed by atoms with E-state index in [4.69, 9.17) is 4.74 Å². The van der Waals surface area contributed by atoms with Crippen LogP contribution >= 0.6 is 0 Å². The van der Waals surface area contributed by atoms with E-state index in [-0.39, 0.29) is 36.3 Å². The van der Waals surface area contributed by atoms with Crippen LogP contribution in [0.2, 0.25) is 0 Å². The third-order valence-corrected chi connectivity index (χ3v) is 5.52. The first-order chi connectivity index (χ1) is 13.5. The molecule has 0 bridgehead atoms. The second-order valence-electron chi connectivity index (χ2n) is 7.39. The number of likely N-dealkylation sites (tertiary alicyclic amines) is 1. The molecule has 1 aromatic carbocycles. The zero-order valence-corrected chi connectivity index (χ0v) is 16.6. The van der Waals surface area contributed by atoms with Crippen molar-refractivity contribution in [2.75, 3.05) is 31.1 Å². The van der Waals surface area contributed by atoms with E-state index in [1.165, 1.54) is 5.56 Å². The number of nitrogens with one attached hydrogen (secondary N) is 1. The Morgan fingerprint density at radius 1 is 1.14 bits per heavy atom. The predicted molar refractivity (Wildman–Crippen MR) is 106 cm³/mol.